The molecule has 0 amide bonds. The summed E-state index contributed by atoms with van der Waals surface area (Å²) in [6.45, 7) is 6.28. The van der Waals surface area contributed by atoms with E-state index in [1.165, 1.54) is 25.7 Å². The van der Waals surface area contributed by atoms with Crippen molar-refractivity contribution in [3.63, 3.8) is 0 Å². The van der Waals surface area contributed by atoms with Crippen LogP contribution in [0.15, 0.2) is 182 Å². The molecule has 1 unspecified atom stereocenters. The highest BCUT2D eigenvalue weighted by Gasteiger charge is 2.19. The molecule has 0 aromatic rings. The molecule has 0 fully saturated rings. The van der Waals surface area contributed by atoms with Crippen LogP contribution < -0.4 is 0 Å². The van der Waals surface area contributed by atoms with Crippen molar-refractivity contribution in [2.45, 2.75) is 258 Å². The van der Waals surface area contributed by atoms with Gasteiger partial charge >= 0.3 is 17.9 Å². The molecule has 6 heteroatoms. The first kappa shape index (κ1) is 75.5. The number of unbranched alkanes of at least 4 members (excludes halogenated alkanes) is 15. The fourth-order valence-electron chi connectivity index (χ4n) is 8.11. The van der Waals surface area contributed by atoms with Crippen molar-refractivity contribution < 1.29 is 28.6 Å². The molecule has 0 rings (SSSR count). The average Bonchev–Trinajstić information content (AvgIpc) is 3.46. The van der Waals surface area contributed by atoms with Crippen LogP contribution in [0.25, 0.3) is 0 Å². The van der Waals surface area contributed by atoms with Crippen molar-refractivity contribution in [2.75, 3.05) is 13.2 Å². The summed E-state index contributed by atoms with van der Waals surface area (Å²) in [6, 6.07) is 0. The quantitative estimate of drug-likeness (QED) is 0.0261. The van der Waals surface area contributed by atoms with Crippen LogP contribution >= 0.6 is 0 Å². The van der Waals surface area contributed by atoms with Crippen LogP contribution in [0, 0.1) is 0 Å². The lowest BCUT2D eigenvalue weighted by Crippen LogP contribution is -2.30. The van der Waals surface area contributed by atoms with Gasteiger partial charge in [0.25, 0.3) is 0 Å². The molecule has 452 valence electrons. The van der Waals surface area contributed by atoms with Crippen LogP contribution in [0.3, 0.4) is 0 Å². The summed E-state index contributed by atoms with van der Waals surface area (Å²) in [6.07, 6.45) is 100. The van der Waals surface area contributed by atoms with Gasteiger partial charge in [0.1, 0.15) is 13.2 Å². The summed E-state index contributed by atoms with van der Waals surface area (Å²) in [5.74, 6) is -0.991. The SMILES string of the molecule is CC/C=C\C/C=C\C/C=C\C/C=C\C/C=C\C/C=C\C/C=C\CCCCCCCCCC(=O)OCC(COC(=O)CCCCCCC/C=C\C/C=C\CCC)OC(=O)CCCC/C=C\C/C=C\C/C=C\C/C=C\C/C=C\C/C=C\CC. The van der Waals surface area contributed by atoms with E-state index in [-0.39, 0.29) is 37.5 Å². The molecule has 6 nitrogen and oxygen atoms in total. The van der Waals surface area contributed by atoms with Crippen LogP contribution in [0.4, 0.5) is 0 Å². The molecule has 0 aliphatic carbocycles. The van der Waals surface area contributed by atoms with E-state index in [2.05, 4.69) is 203 Å². The van der Waals surface area contributed by atoms with E-state index in [9.17, 15) is 14.4 Å². The van der Waals surface area contributed by atoms with Gasteiger partial charge in [0.2, 0.25) is 0 Å². The molecule has 0 aromatic carbocycles. The van der Waals surface area contributed by atoms with Gasteiger partial charge in [0.05, 0.1) is 0 Å². The maximum atomic E-state index is 12.9. The van der Waals surface area contributed by atoms with Crippen LogP contribution in [0.5, 0.6) is 0 Å². The Labute approximate surface area is 497 Å². The van der Waals surface area contributed by atoms with Gasteiger partial charge in [0, 0.05) is 19.3 Å². The number of esters is 3. The Morgan fingerprint density at radius 1 is 0.259 bits per heavy atom. The van der Waals surface area contributed by atoms with E-state index in [4.69, 9.17) is 14.2 Å². The molecular formula is C75H116O6. The number of carbonyl (C=O) groups excluding carboxylic acids is 3. The number of rotatable bonds is 56. The van der Waals surface area contributed by atoms with Crippen molar-refractivity contribution in [1.29, 1.82) is 0 Å². The van der Waals surface area contributed by atoms with Crippen molar-refractivity contribution in [3.05, 3.63) is 182 Å². The lowest BCUT2D eigenvalue weighted by Gasteiger charge is -2.18. The van der Waals surface area contributed by atoms with E-state index >= 15 is 0 Å². The van der Waals surface area contributed by atoms with Gasteiger partial charge in [-0.2, -0.15) is 0 Å². The van der Waals surface area contributed by atoms with Gasteiger partial charge in [-0.1, -0.05) is 261 Å². The first-order chi connectivity index (χ1) is 40.0. The maximum Gasteiger partial charge on any atom is 0.306 e. The van der Waals surface area contributed by atoms with Gasteiger partial charge in [-0.25, -0.2) is 0 Å². The van der Waals surface area contributed by atoms with E-state index in [0.29, 0.717) is 19.3 Å². The molecule has 0 saturated carbocycles. The molecule has 0 radical (unpaired) electrons. The number of hydrogen-bond donors (Lipinski definition) is 0. The zero-order valence-corrected chi connectivity index (χ0v) is 51.7. The Balaban J connectivity index is 4.46. The summed E-state index contributed by atoms with van der Waals surface area (Å²) in [5, 5.41) is 0. The predicted octanol–water partition coefficient (Wildman–Crippen LogP) is 22.4. The van der Waals surface area contributed by atoms with E-state index in [0.717, 1.165) is 180 Å². The molecule has 0 aliphatic heterocycles. The second-order valence-corrected chi connectivity index (χ2v) is 20.5. The van der Waals surface area contributed by atoms with Crippen molar-refractivity contribution in [3.8, 4) is 0 Å². The minimum Gasteiger partial charge on any atom is -0.462 e. The fourth-order valence-corrected chi connectivity index (χ4v) is 8.11. The number of carbonyl (C=O) groups is 3. The Morgan fingerprint density at radius 2 is 0.481 bits per heavy atom. The van der Waals surface area contributed by atoms with Crippen molar-refractivity contribution >= 4 is 17.9 Å². The molecule has 0 heterocycles. The first-order valence-corrected chi connectivity index (χ1v) is 32.3. The van der Waals surface area contributed by atoms with Gasteiger partial charge in [-0.3, -0.25) is 14.4 Å². The summed E-state index contributed by atoms with van der Waals surface area (Å²) >= 11 is 0. The number of hydrogen-bond acceptors (Lipinski definition) is 6. The molecule has 1 atom stereocenters. The van der Waals surface area contributed by atoms with Gasteiger partial charge < -0.3 is 14.2 Å². The second kappa shape index (κ2) is 67.0. The van der Waals surface area contributed by atoms with Gasteiger partial charge in [-0.05, 0) is 154 Å². The van der Waals surface area contributed by atoms with E-state index < -0.39 is 6.10 Å². The van der Waals surface area contributed by atoms with Crippen LogP contribution in [-0.4, -0.2) is 37.2 Å². The number of ether oxygens (including phenoxy) is 3. The van der Waals surface area contributed by atoms with Gasteiger partial charge in [-0.15, -0.1) is 0 Å². The Bertz CT molecular complexity index is 1900. The fraction of sp³-hybridized carbons (Fsp3) is 0.560. The normalized spacial score (nSPS) is 13.4. The Hall–Kier alpha value is -5.49. The highest BCUT2D eigenvalue weighted by atomic mass is 16.6. The summed E-state index contributed by atoms with van der Waals surface area (Å²) < 4.78 is 16.9. The molecule has 0 bridgehead atoms. The Kier molecular flexibility index (Phi) is 62.5. The van der Waals surface area contributed by atoms with Crippen molar-refractivity contribution in [2.24, 2.45) is 0 Å². The van der Waals surface area contributed by atoms with Crippen molar-refractivity contribution in [1.82, 2.24) is 0 Å². The smallest absolute Gasteiger partial charge is 0.306 e. The second-order valence-electron chi connectivity index (χ2n) is 20.5. The largest absolute Gasteiger partial charge is 0.462 e. The third kappa shape index (κ3) is 65.2. The number of allylic oxidation sites excluding steroid dienone is 30. The van der Waals surface area contributed by atoms with Crippen LogP contribution in [-0.2, 0) is 28.6 Å². The van der Waals surface area contributed by atoms with Crippen LogP contribution in [0.1, 0.15) is 252 Å². The Morgan fingerprint density at radius 3 is 0.778 bits per heavy atom. The summed E-state index contributed by atoms with van der Waals surface area (Å²) in [7, 11) is 0. The van der Waals surface area contributed by atoms with E-state index in [1.807, 2.05) is 0 Å². The zero-order valence-electron chi connectivity index (χ0n) is 51.7. The highest BCUT2D eigenvalue weighted by molar-refractivity contribution is 5.71. The topological polar surface area (TPSA) is 78.9 Å². The minimum atomic E-state index is -0.824. The highest BCUT2D eigenvalue weighted by Crippen LogP contribution is 2.13. The summed E-state index contributed by atoms with van der Waals surface area (Å²) in [5.41, 5.74) is 0. The minimum absolute atomic E-state index is 0.115. The first-order valence-electron chi connectivity index (χ1n) is 32.3. The van der Waals surface area contributed by atoms with Crippen LogP contribution in [0.2, 0.25) is 0 Å². The average molecular weight is 1110 g/mol. The molecule has 0 N–H and O–H groups in total. The zero-order chi connectivity index (χ0) is 58.5. The molecule has 0 aliphatic rings. The maximum absolute atomic E-state index is 12.9. The standard InChI is InChI=1S/C75H116O6/c1-4-7-10-13-16-19-22-25-27-29-31-33-34-35-36-37-38-39-40-42-43-45-47-50-53-56-59-62-65-68-74(77)80-71-72(70-79-73(76)67-64-61-58-55-52-49-24-21-18-15-12-9-6-3)81-75(78)69-66-63-60-57-54-51-48-46-44-41-32-30-28-26-23-20-17-14-11-8-5-2/h7-8,10-12,15-17,19-21,24-28,31-33,35-36,38-39,41-43,46,48,54,57,72H,4-6,9,13-14,18,22-23,29-30,34,37,40,44-45,47,49-53,55-56,58-71H2,1-3H3/b10-7-,11-8-,15-12-,19-16-,20-17-,24-21-,27-25-,28-26-,33-31-,36-35-,39-38-,41-32-,43-42-,48-46-,57-54-. The molecule has 0 saturated heterocycles. The summed E-state index contributed by atoms with van der Waals surface area (Å²) in [4.78, 5) is 38.3. The molecule has 81 heavy (non-hydrogen) atoms. The van der Waals surface area contributed by atoms with E-state index in [1.54, 1.807) is 0 Å². The lowest BCUT2D eigenvalue weighted by molar-refractivity contribution is -0.167. The third-order valence-corrected chi connectivity index (χ3v) is 12.9. The molecular weight excluding hydrogens is 997 g/mol. The lowest BCUT2D eigenvalue weighted by atomic mass is 10.1. The van der Waals surface area contributed by atoms with Gasteiger partial charge in [0.15, 0.2) is 6.10 Å². The predicted molar refractivity (Wildman–Crippen MR) is 352 cm³/mol. The molecule has 0 spiro atoms. The molecule has 0 aromatic heterocycles. The third-order valence-electron chi connectivity index (χ3n) is 12.9. The monoisotopic (exact) mass is 1110 g/mol.